The molecule has 0 saturated heterocycles. The molecule has 0 spiro atoms. The molecule has 0 saturated carbocycles. The van der Waals surface area contributed by atoms with E-state index in [1.54, 1.807) is 6.07 Å². The van der Waals surface area contributed by atoms with Gasteiger partial charge in [0.25, 0.3) is 0 Å². The smallest absolute Gasteiger partial charge is 0.422 e. The van der Waals surface area contributed by atoms with Gasteiger partial charge in [-0.1, -0.05) is 6.07 Å². The summed E-state index contributed by atoms with van der Waals surface area (Å²) in [6.45, 7) is -1.68. The van der Waals surface area contributed by atoms with Crippen LogP contribution in [0.5, 0.6) is 5.88 Å². The van der Waals surface area contributed by atoms with Crippen LogP contribution in [-0.4, -0.2) is 23.8 Å². The van der Waals surface area contributed by atoms with E-state index in [0.717, 1.165) is 12.1 Å². The number of urea groups is 1. The topological polar surface area (TPSA) is 87.0 Å². The Hall–Kier alpha value is -3.35. The molecule has 2 amide bonds. The lowest BCUT2D eigenvalue weighted by atomic mass is 10.2. The van der Waals surface area contributed by atoms with E-state index in [2.05, 4.69) is 20.4 Å². The Labute approximate surface area is 145 Å². The predicted octanol–water partition coefficient (Wildman–Crippen LogP) is 3.36. The highest BCUT2D eigenvalue weighted by molar-refractivity contribution is 5.90. The summed E-state index contributed by atoms with van der Waals surface area (Å²) in [5, 5.41) is 13.7. The average molecular weight is 368 g/mol. The second-order valence-corrected chi connectivity index (χ2v) is 4.98. The van der Waals surface area contributed by atoms with Crippen molar-refractivity contribution in [3.63, 3.8) is 0 Å². The minimum Gasteiger partial charge on any atom is -0.468 e. The molecule has 136 valence electrons. The number of aromatic nitrogens is 1. The second kappa shape index (κ2) is 8.15. The fourth-order valence-corrected chi connectivity index (χ4v) is 1.90. The predicted molar refractivity (Wildman–Crippen MR) is 82.8 cm³/mol. The van der Waals surface area contributed by atoms with E-state index in [1.807, 2.05) is 0 Å². The number of ether oxygens (including phenoxy) is 1. The molecule has 0 fully saturated rings. The van der Waals surface area contributed by atoms with Gasteiger partial charge < -0.3 is 15.4 Å². The number of rotatable bonds is 5. The molecule has 0 unspecified atom stereocenters. The average Bonchev–Trinajstić information content (AvgIpc) is 2.59. The van der Waals surface area contributed by atoms with Crippen molar-refractivity contribution in [1.29, 1.82) is 5.26 Å². The number of benzene rings is 1. The number of carbonyl (C=O) groups excluding carboxylic acids is 1. The van der Waals surface area contributed by atoms with Gasteiger partial charge in [0.1, 0.15) is 11.9 Å². The van der Waals surface area contributed by atoms with Crippen LogP contribution in [0.2, 0.25) is 0 Å². The van der Waals surface area contributed by atoms with E-state index in [0.29, 0.717) is 0 Å². The first-order valence-electron chi connectivity index (χ1n) is 7.16. The molecule has 1 aromatic heterocycles. The van der Waals surface area contributed by atoms with Crippen LogP contribution in [0.15, 0.2) is 36.5 Å². The molecule has 0 aliphatic heterocycles. The number of alkyl halides is 3. The van der Waals surface area contributed by atoms with E-state index in [4.69, 9.17) is 5.26 Å². The van der Waals surface area contributed by atoms with E-state index in [1.165, 1.54) is 24.4 Å². The van der Waals surface area contributed by atoms with Crippen LogP contribution < -0.4 is 15.4 Å². The van der Waals surface area contributed by atoms with Crippen molar-refractivity contribution in [2.24, 2.45) is 0 Å². The maximum atomic E-state index is 13.1. The largest absolute Gasteiger partial charge is 0.468 e. The maximum Gasteiger partial charge on any atom is 0.422 e. The number of hydrogen-bond donors (Lipinski definition) is 2. The van der Waals surface area contributed by atoms with Crippen molar-refractivity contribution in [2.75, 3.05) is 11.9 Å². The van der Waals surface area contributed by atoms with Crippen LogP contribution in [-0.2, 0) is 6.54 Å². The number of anilines is 1. The van der Waals surface area contributed by atoms with Gasteiger partial charge in [-0.05, 0) is 24.3 Å². The Morgan fingerprint density at radius 2 is 2.08 bits per heavy atom. The molecule has 1 heterocycles. The molecule has 26 heavy (non-hydrogen) atoms. The van der Waals surface area contributed by atoms with Gasteiger partial charge in [0.05, 0.1) is 11.3 Å². The third kappa shape index (κ3) is 5.62. The van der Waals surface area contributed by atoms with E-state index in [9.17, 15) is 22.4 Å². The van der Waals surface area contributed by atoms with Gasteiger partial charge in [0, 0.05) is 18.3 Å². The van der Waals surface area contributed by atoms with Crippen LogP contribution in [0.25, 0.3) is 0 Å². The first kappa shape index (κ1) is 19.0. The number of nitrogens with one attached hydrogen (secondary N) is 2. The minimum atomic E-state index is -4.52. The quantitative estimate of drug-likeness (QED) is 0.793. The minimum absolute atomic E-state index is 0.0734. The normalized spacial score (nSPS) is 10.7. The molecule has 0 aliphatic carbocycles. The fourth-order valence-electron chi connectivity index (χ4n) is 1.90. The van der Waals surface area contributed by atoms with Gasteiger partial charge in [0.2, 0.25) is 5.88 Å². The summed E-state index contributed by atoms with van der Waals surface area (Å²) >= 11 is 0. The Morgan fingerprint density at radius 3 is 2.77 bits per heavy atom. The summed E-state index contributed by atoms with van der Waals surface area (Å²) in [7, 11) is 0. The zero-order chi connectivity index (χ0) is 19.2. The summed E-state index contributed by atoms with van der Waals surface area (Å²) in [6, 6.07) is 7.16. The molecule has 0 atom stereocenters. The summed E-state index contributed by atoms with van der Waals surface area (Å²) in [5.74, 6) is -0.890. The molecule has 0 bridgehead atoms. The van der Waals surface area contributed by atoms with Crippen LogP contribution in [0, 0.1) is 17.1 Å². The van der Waals surface area contributed by atoms with Crippen molar-refractivity contribution >= 4 is 11.7 Å². The van der Waals surface area contributed by atoms with E-state index >= 15 is 0 Å². The Morgan fingerprint density at radius 1 is 1.31 bits per heavy atom. The van der Waals surface area contributed by atoms with Crippen molar-refractivity contribution < 1.29 is 27.1 Å². The van der Waals surface area contributed by atoms with Gasteiger partial charge in [-0.2, -0.15) is 18.4 Å². The van der Waals surface area contributed by atoms with Crippen molar-refractivity contribution in [2.45, 2.75) is 12.7 Å². The molecule has 10 heteroatoms. The van der Waals surface area contributed by atoms with E-state index in [-0.39, 0.29) is 29.2 Å². The fraction of sp³-hybridized carbons (Fsp3) is 0.188. The standard InChI is InChI=1S/C16H12F4N4O2/c17-12-3-4-13(11(6-12)7-21)24-15(25)23-8-10-2-1-5-22-14(10)26-9-16(18,19)20/h1-6H,8-9H2,(H2,23,24,25). The highest BCUT2D eigenvalue weighted by Crippen LogP contribution is 2.20. The van der Waals surface area contributed by atoms with Gasteiger partial charge in [-0.15, -0.1) is 0 Å². The molecule has 1 aromatic carbocycles. The Balaban J connectivity index is 1.99. The lowest BCUT2D eigenvalue weighted by Gasteiger charge is -2.13. The van der Waals surface area contributed by atoms with Gasteiger partial charge in [-0.3, -0.25) is 0 Å². The van der Waals surface area contributed by atoms with Crippen LogP contribution in [0.3, 0.4) is 0 Å². The van der Waals surface area contributed by atoms with Gasteiger partial charge in [-0.25, -0.2) is 14.2 Å². The number of halogens is 4. The number of carbonyl (C=O) groups is 1. The SMILES string of the molecule is N#Cc1cc(F)ccc1NC(=O)NCc1cccnc1OCC(F)(F)F. The van der Waals surface area contributed by atoms with Crippen molar-refractivity contribution in [3.05, 3.63) is 53.5 Å². The summed E-state index contributed by atoms with van der Waals surface area (Å²) in [5.41, 5.74) is 0.244. The maximum absolute atomic E-state index is 13.1. The van der Waals surface area contributed by atoms with Crippen LogP contribution in [0.4, 0.5) is 28.0 Å². The van der Waals surface area contributed by atoms with Crippen molar-refractivity contribution in [3.8, 4) is 11.9 Å². The van der Waals surface area contributed by atoms with Crippen molar-refractivity contribution in [1.82, 2.24) is 10.3 Å². The molecule has 2 N–H and O–H groups in total. The van der Waals surface area contributed by atoms with Gasteiger partial charge in [0.15, 0.2) is 6.61 Å². The highest BCUT2D eigenvalue weighted by Gasteiger charge is 2.29. The Bertz CT molecular complexity index is 834. The van der Waals surface area contributed by atoms with Crippen LogP contribution >= 0.6 is 0 Å². The summed E-state index contributed by atoms with van der Waals surface area (Å²) in [4.78, 5) is 15.6. The zero-order valence-corrected chi connectivity index (χ0v) is 13.1. The number of pyridine rings is 1. The molecular weight excluding hydrogens is 356 g/mol. The first-order valence-corrected chi connectivity index (χ1v) is 7.16. The highest BCUT2D eigenvalue weighted by atomic mass is 19.4. The van der Waals surface area contributed by atoms with Gasteiger partial charge >= 0.3 is 12.2 Å². The molecule has 6 nitrogen and oxygen atoms in total. The molecular formula is C16H12F4N4O2. The third-order valence-electron chi connectivity index (χ3n) is 3.01. The Kier molecular flexibility index (Phi) is 5.95. The zero-order valence-electron chi connectivity index (χ0n) is 13.1. The lowest BCUT2D eigenvalue weighted by Crippen LogP contribution is -2.29. The number of nitrogens with zero attached hydrogens (tertiary/aromatic N) is 2. The number of hydrogen-bond acceptors (Lipinski definition) is 4. The molecule has 0 aliphatic rings. The first-order chi connectivity index (χ1) is 12.3. The molecule has 0 radical (unpaired) electrons. The molecule has 2 rings (SSSR count). The summed E-state index contributed by atoms with van der Waals surface area (Å²) in [6.07, 6.45) is -3.26. The monoisotopic (exact) mass is 368 g/mol. The number of nitriles is 1. The molecule has 2 aromatic rings. The van der Waals surface area contributed by atoms with Crippen LogP contribution in [0.1, 0.15) is 11.1 Å². The third-order valence-corrected chi connectivity index (χ3v) is 3.01. The summed E-state index contributed by atoms with van der Waals surface area (Å²) < 4.78 is 54.4. The lowest BCUT2D eigenvalue weighted by molar-refractivity contribution is -0.154. The van der Waals surface area contributed by atoms with E-state index < -0.39 is 24.6 Å². The second-order valence-electron chi connectivity index (χ2n) is 4.98. The number of amides is 2.